The Balaban J connectivity index is 1.45. The second-order valence-electron chi connectivity index (χ2n) is 7.26. The molecule has 0 radical (unpaired) electrons. The standard InChI is InChI=1S/C23H24N2O4S/c26-23(29-18-19-8-2-1-3-9-19)24-14-7-15-25(17-16-24)30(27,28)22-13-6-11-20-10-4-5-12-21(20)22/h1-6,8-13H,7,14-18H2. The molecule has 30 heavy (non-hydrogen) atoms. The molecular formula is C23H24N2O4S. The fourth-order valence-corrected chi connectivity index (χ4v) is 5.37. The van der Waals surface area contributed by atoms with Crippen LogP contribution in [0.25, 0.3) is 10.8 Å². The number of carbonyl (C=O) groups excluding carboxylic acids is 1. The van der Waals surface area contributed by atoms with Gasteiger partial charge in [-0.2, -0.15) is 4.31 Å². The first kappa shape index (κ1) is 20.4. The Kier molecular flexibility index (Phi) is 6.01. The van der Waals surface area contributed by atoms with Gasteiger partial charge in [0, 0.05) is 31.6 Å². The van der Waals surface area contributed by atoms with Crippen LogP contribution < -0.4 is 0 Å². The minimum Gasteiger partial charge on any atom is -0.445 e. The number of sulfonamides is 1. The first-order valence-electron chi connectivity index (χ1n) is 9.99. The van der Waals surface area contributed by atoms with Crippen LogP contribution in [0.2, 0.25) is 0 Å². The zero-order valence-electron chi connectivity index (χ0n) is 16.6. The number of carbonyl (C=O) groups is 1. The van der Waals surface area contributed by atoms with Gasteiger partial charge in [-0.05, 0) is 23.4 Å². The van der Waals surface area contributed by atoms with E-state index in [4.69, 9.17) is 4.74 Å². The van der Waals surface area contributed by atoms with Gasteiger partial charge in [0.05, 0.1) is 4.90 Å². The van der Waals surface area contributed by atoms with Crippen LogP contribution in [0.15, 0.2) is 77.7 Å². The number of hydrogen-bond acceptors (Lipinski definition) is 4. The number of ether oxygens (including phenoxy) is 1. The van der Waals surface area contributed by atoms with Gasteiger partial charge in [-0.25, -0.2) is 13.2 Å². The summed E-state index contributed by atoms with van der Waals surface area (Å²) in [6.45, 7) is 1.58. The van der Waals surface area contributed by atoms with E-state index in [9.17, 15) is 13.2 Å². The Hall–Kier alpha value is -2.90. The van der Waals surface area contributed by atoms with E-state index in [1.54, 1.807) is 17.0 Å². The van der Waals surface area contributed by atoms with Crippen molar-refractivity contribution in [1.29, 1.82) is 0 Å². The number of benzene rings is 3. The molecule has 4 rings (SSSR count). The van der Waals surface area contributed by atoms with Gasteiger partial charge in [0.2, 0.25) is 10.0 Å². The zero-order valence-corrected chi connectivity index (χ0v) is 17.4. The molecule has 0 bridgehead atoms. The zero-order chi connectivity index (χ0) is 21.0. The van der Waals surface area contributed by atoms with Crippen LogP contribution >= 0.6 is 0 Å². The lowest BCUT2D eigenvalue weighted by atomic mass is 10.1. The maximum atomic E-state index is 13.3. The van der Waals surface area contributed by atoms with E-state index in [1.807, 2.05) is 60.7 Å². The van der Waals surface area contributed by atoms with Crippen LogP contribution in [-0.4, -0.2) is 49.9 Å². The number of fused-ring (bicyclic) bond motifs is 1. The fourth-order valence-electron chi connectivity index (χ4n) is 3.69. The predicted molar refractivity (Wildman–Crippen MR) is 116 cm³/mol. The molecule has 0 spiro atoms. The smallest absolute Gasteiger partial charge is 0.410 e. The maximum absolute atomic E-state index is 13.3. The molecule has 1 fully saturated rings. The molecule has 0 N–H and O–H groups in total. The van der Waals surface area contributed by atoms with Crippen LogP contribution in [0.3, 0.4) is 0 Å². The Labute approximate surface area is 176 Å². The van der Waals surface area contributed by atoms with Crippen molar-refractivity contribution in [3.63, 3.8) is 0 Å². The lowest BCUT2D eigenvalue weighted by Crippen LogP contribution is -2.37. The summed E-state index contributed by atoms with van der Waals surface area (Å²) in [5.74, 6) is 0. The number of nitrogens with zero attached hydrogens (tertiary/aromatic N) is 2. The van der Waals surface area contributed by atoms with Crippen molar-refractivity contribution in [3.8, 4) is 0 Å². The molecule has 1 saturated heterocycles. The first-order chi connectivity index (χ1) is 14.6. The molecule has 0 atom stereocenters. The van der Waals surface area contributed by atoms with Crippen molar-refractivity contribution in [3.05, 3.63) is 78.4 Å². The summed E-state index contributed by atoms with van der Waals surface area (Å²) in [7, 11) is -3.66. The summed E-state index contributed by atoms with van der Waals surface area (Å²) >= 11 is 0. The van der Waals surface area contributed by atoms with Crippen molar-refractivity contribution in [1.82, 2.24) is 9.21 Å². The quantitative estimate of drug-likeness (QED) is 0.638. The molecule has 0 saturated carbocycles. The summed E-state index contributed by atoms with van der Waals surface area (Å²) in [6, 6.07) is 22.3. The normalized spacial score (nSPS) is 15.7. The maximum Gasteiger partial charge on any atom is 0.410 e. The van der Waals surface area contributed by atoms with Gasteiger partial charge in [-0.15, -0.1) is 0 Å². The van der Waals surface area contributed by atoms with E-state index < -0.39 is 16.1 Å². The summed E-state index contributed by atoms with van der Waals surface area (Å²) in [5, 5.41) is 1.60. The van der Waals surface area contributed by atoms with Gasteiger partial charge in [0.1, 0.15) is 6.61 Å². The van der Waals surface area contributed by atoms with E-state index in [0.717, 1.165) is 10.9 Å². The molecule has 1 heterocycles. The van der Waals surface area contributed by atoms with Crippen LogP contribution in [0.1, 0.15) is 12.0 Å². The second-order valence-corrected chi connectivity index (χ2v) is 9.17. The third-order valence-corrected chi connectivity index (χ3v) is 7.24. The third kappa shape index (κ3) is 4.32. The molecule has 6 nitrogen and oxygen atoms in total. The molecular weight excluding hydrogens is 400 g/mol. The van der Waals surface area contributed by atoms with Gasteiger partial charge < -0.3 is 9.64 Å². The van der Waals surface area contributed by atoms with E-state index in [0.29, 0.717) is 36.3 Å². The highest BCUT2D eigenvalue weighted by Gasteiger charge is 2.29. The van der Waals surface area contributed by atoms with E-state index in [-0.39, 0.29) is 13.2 Å². The highest BCUT2D eigenvalue weighted by atomic mass is 32.2. The molecule has 3 aromatic carbocycles. The highest BCUT2D eigenvalue weighted by Crippen LogP contribution is 2.26. The Morgan fingerprint density at radius 3 is 2.40 bits per heavy atom. The topological polar surface area (TPSA) is 66.9 Å². The molecule has 156 valence electrons. The van der Waals surface area contributed by atoms with Crippen LogP contribution in [-0.2, 0) is 21.4 Å². The van der Waals surface area contributed by atoms with E-state index in [2.05, 4.69) is 0 Å². The lowest BCUT2D eigenvalue weighted by molar-refractivity contribution is 0.0980. The Bertz CT molecular complexity index is 1130. The van der Waals surface area contributed by atoms with Crippen molar-refractivity contribution >= 4 is 26.9 Å². The highest BCUT2D eigenvalue weighted by molar-refractivity contribution is 7.89. The van der Waals surface area contributed by atoms with Gasteiger partial charge in [-0.3, -0.25) is 0 Å². The Morgan fingerprint density at radius 1 is 0.833 bits per heavy atom. The average Bonchev–Trinajstić information content (AvgIpc) is 3.05. The summed E-state index contributed by atoms with van der Waals surface area (Å²) in [6.07, 6.45) is 0.146. The van der Waals surface area contributed by atoms with Crippen LogP contribution in [0.5, 0.6) is 0 Å². The molecule has 1 amide bonds. The summed E-state index contributed by atoms with van der Waals surface area (Å²) in [5.41, 5.74) is 0.917. The monoisotopic (exact) mass is 424 g/mol. The van der Waals surface area contributed by atoms with Gasteiger partial charge in [0.25, 0.3) is 0 Å². The fraction of sp³-hybridized carbons (Fsp3) is 0.261. The first-order valence-corrected chi connectivity index (χ1v) is 11.4. The second kappa shape index (κ2) is 8.85. The SMILES string of the molecule is O=C(OCc1ccccc1)N1CCCN(S(=O)(=O)c2cccc3ccccc23)CC1. The van der Waals surface area contributed by atoms with Gasteiger partial charge in [-0.1, -0.05) is 66.7 Å². The molecule has 0 unspecified atom stereocenters. The lowest BCUT2D eigenvalue weighted by Gasteiger charge is -2.22. The largest absolute Gasteiger partial charge is 0.445 e. The van der Waals surface area contributed by atoms with Crippen molar-refractivity contribution in [2.24, 2.45) is 0 Å². The van der Waals surface area contributed by atoms with Crippen LogP contribution in [0.4, 0.5) is 4.79 Å². The molecule has 7 heteroatoms. The number of amides is 1. The predicted octanol–water partition coefficient (Wildman–Crippen LogP) is 3.87. The summed E-state index contributed by atoms with van der Waals surface area (Å²) < 4.78 is 33.5. The van der Waals surface area contributed by atoms with Crippen molar-refractivity contribution in [2.75, 3.05) is 26.2 Å². The summed E-state index contributed by atoms with van der Waals surface area (Å²) in [4.78, 5) is 14.4. The van der Waals surface area contributed by atoms with Crippen LogP contribution in [0, 0.1) is 0 Å². The third-order valence-electron chi connectivity index (χ3n) is 5.29. The minimum atomic E-state index is -3.66. The number of rotatable bonds is 4. The number of hydrogen-bond donors (Lipinski definition) is 0. The Morgan fingerprint density at radius 2 is 1.57 bits per heavy atom. The molecule has 0 aliphatic carbocycles. The molecule has 3 aromatic rings. The van der Waals surface area contributed by atoms with E-state index in [1.165, 1.54) is 4.31 Å². The molecule has 1 aliphatic heterocycles. The van der Waals surface area contributed by atoms with Gasteiger partial charge >= 0.3 is 6.09 Å². The van der Waals surface area contributed by atoms with Crippen molar-refractivity contribution in [2.45, 2.75) is 17.9 Å². The molecule has 0 aromatic heterocycles. The average molecular weight is 425 g/mol. The minimum absolute atomic E-state index is 0.203. The van der Waals surface area contributed by atoms with Crippen molar-refractivity contribution < 1.29 is 17.9 Å². The van der Waals surface area contributed by atoms with Gasteiger partial charge in [0.15, 0.2) is 0 Å². The molecule has 1 aliphatic rings. The van der Waals surface area contributed by atoms with E-state index >= 15 is 0 Å².